The van der Waals surface area contributed by atoms with Crippen molar-refractivity contribution in [2.75, 3.05) is 13.7 Å². The highest BCUT2D eigenvalue weighted by Gasteiger charge is 2.32. The van der Waals surface area contributed by atoms with Gasteiger partial charge < -0.3 is 9.72 Å². The molecule has 2 heterocycles. The van der Waals surface area contributed by atoms with Crippen LogP contribution in [0.1, 0.15) is 83.2 Å². The number of aromatic amines is 1. The molecule has 156 valence electrons. The van der Waals surface area contributed by atoms with Gasteiger partial charge in [0, 0.05) is 17.3 Å². The predicted molar refractivity (Wildman–Crippen MR) is 115 cm³/mol. The second kappa shape index (κ2) is 8.95. The van der Waals surface area contributed by atoms with Crippen LogP contribution in [0.2, 0.25) is 0 Å². The van der Waals surface area contributed by atoms with E-state index in [0.29, 0.717) is 11.3 Å². The molecule has 0 aliphatic carbocycles. The molecule has 1 N–H and O–H groups in total. The van der Waals surface area contributed by atoms with E-state index < -0.39 is 0 Å². The molecular formula is C24H32N2O3. The number of rotatable bonds is 6. The van der Waals surface area contributed by atoms with Gasteiger partial charge in [-0.25, -0.2) is 0 Å². The fourth-order valence-electron chi connectivity index (χ4n) is 4.66. The van der Waals surface area contributed by atoms with E-state index in [1.165, 1.54) is 12.0 Å². The van der Waals surface area contributed by atoms with Gasteiger partial charge in [0.25, 0.3) is 0 Å². The van der Waals surface area contributed by atoms with Gasteiger partial charge in [0.1, 0.15) is 5.75 Å². The van der Waals surface area contributed by atoms with Crippen LogP contribution in [0.15, 0.2) is 24.3 Å². The van der Waals surface area contributed by atoms with Crippen LogP contribution in [0, 0.1) is 13.8 Å². The van der Waals surface area contributed by atoms with E-state index in [-0.39, 0.29) is 23.7 Å². The van der Waals surface area contributed by atoms with Crippen LogP contribution in [0.3, 0.4) is 0 Å². The minimum atomic E-state index is -0.267. The quantitative estimate of drug-likeness (QED) is 0.696. The Kier molecular flexibility index (Phi) is 6.58. The molecule has 5 heteroatoms. The lowest BCUT2D eigenvalue weighted by Crippen LogP contribution is -2.42. The van der Waals surface area contributed by atoms with Crippen LogP contribution in [0.5, 0.6) is 5.75 Å². The Morgan fingerprint density at radius 2 is 1.83 bits per heavy atom. The van der Waals surface area contributed by atoms with Gasteiger partial charge in [0.15, 0.2) is 11.6 Å². The number of benzene rings is 1. The zero-order valence-electron chi connectivity index (χ0n) is 18.2. The summed E-state index contributed by atoms with van der Waals surface area (Å²) in [5.74, 6) is 0.889. The Hall–Kier alpha value is -2.40. The molecule has 2 aromatic rings. The number of nitrogens with zero attached hydrogens (tertiary/aromatic N) is 1. The van der Waals surface area contributed by atoms with Gasteiger partial charge in [-0.15, -0.1) is 0 Å². The summed E-state index contributed by atoms with van der Waals surface area (Å²) in [4.78, 5) is 30.9. The van der Waals surface area contributed by atoms with E-state index in [1.807, 2.05) is 32.9 Å². The molecule has 5 nitrogen and oxygen atoms in total. The molecule has 2 unspecified atom stereocenters. The molecule has 0 amide bonds. The molecule has 1 fully saturated rings. The van der Waals surface area contributed by atoms with Crippen LogP contribution in [0.25, 0.3) is 0 Å². The highest BCUT2D eigenvalue weighted by molar-refractivity contribution is 6.05. The van der Waals surface area contributed by atoms with Gasteiger partial charge >= 0.3 is 0 Å². The molecule has 2 atom stereocenters. The van der Waals surface area contributed by atoms with Crippen molar-refractivity contribution >= 4 is 11.6 Å². The van der Waals surface area contributed by atoms with Crippen LogP contribution < -0.4 is 4.74 Å². The molecule has 1 aromatic heterocycles. The van der Waals surface area contributed by atoms with Crippen molar-refractivity contribution in [3.05, 3.63) is 52.3 Å². The van der Waals surface area contributed by atoms with E-state index in [9.17, 15) is 9.59 Å². The average molecular weight is 397 g/mol. The molecule has 0 saturated carbocycles. The molecule has 1 saturated heterocycles. The number of aromatic nitrogens is 1. The third-order valence-electron chi connectivity index (χ3n) is 6.21. The number of ketones is 2. The van der Waals surface area contributed by atoms with E-state index >= 15 is 0 Å². The Balaban J connectivity index is 1.91. The smallest absolute Gasteiger partial charge is 0.196 e. The van der Waals surface area contributed by atoms with E-state index in [0.717, 1.165) is 42.8 Å². The number of ether oxygens (including phenoxy) is 1. The number of Topliss-reactive ketones (excluding diaryl/α,β-unsaturated/α-hetero) is 2. The molecule has 0 radical (unpaired) electrons. The van der Waals surface area contributed by atoms with Gasteiger partial charge in [0.2, 0.25) is 0 Å². The van der Waals surface area contributed by atoms with Crippen LogP contribution in [0.4, 0.5) is 0 Å². The summed E-state index contributed by atoms with van der Waals surface area (Å²) in [5.41, 5.74) is 3.97. The number of hydrogen-bond donors (Lipinski definition) is 1. The number of H-pyrrole nitrogens is 1. The van der Waals surface area contributed by atoms with E-state index in [1.54, 1.807) is 14.0 Å². The fraction of sp³-hybridized carbons (Fsp3) is 0.500. The summed E-state index contributed by atoms with van der Waals surface area (Å²) in [7, 11) is 1.67. The summed E-state index contributed by atoms with van der Waals surface area (Å²) in [5, 5.41) is 0. The average Bonchev–Trinajstić information content (AvgIpc) is 2.87. The Labute approximate surface area is 173 Å². The number of carbonyl (C=O) groups is 2. The van der Waals surface area contributed by atoms with Crippen molar-refractivity contribution < 1.29 is 14.3 Å². The number of carbonyl (C=O) groups excluding carboxylic acids is 2. The molecular weight excluding hydrogens is 364 g/mol. The van der Waals surface area contributed by atoms with Crippen LogP contribution in [-0.2, 0) is 0 Å². The normalized spacial score (nSPS) is 18.9. The van der Waals surface area contributed by atoms with Gasteiger partial charge in [-0.2, -0.15) is 0 Å². The molecule has 3 rings (SSSR count). The van der Waals surface area contributed by atoms with Gasteiger partial charge in [-0.05, 0) is 70.3 Å². The SMILES string of the molecule is COc1ccc(C2CCCCCN2C(C)C(=O)c2[nH]c(C)c(C(C)=O)c2C)cc1. The highest BCUT2D eigenvalue weighted by atomic mass is 16.5. The standard InChI is InChI=1S/C24H32N2O3/c1-15-22(18(4)27)16(2)25-23(15)24(28)17(3)26-14-8-6-7-9-21(26)19-10-12-20(29-5)13-11-19/h10-13,17,21,25H,6-9,14H2,1-5H3. The van der Waals surface area contributed by atoms with E-state index in [2.05, 4.69) is 22.0 Å². The summed E-state index contributed by atoms with van der Waals surface area (Å²) in [6.07, 6.45) is 4.46. The minimum Gasteiger partial charge on any atom is -0.497 e. The molecule has 1 aliphatic rings. The molecule has 1 aliphatic heterocycles. The largest absolute Gasteiger partial charge is 0.497 e. The van der Waals surface area contributed by atoms with Crippen molar-refractivity contribution in [2.45, 2.75) is 65.5 Å². The second-order valence-electron chi connectivity index (χ2n) is 8.10. The van der Waals surface area contributed by atoms with Crippen molar-refractivity contribution in [1.82, 2.24) is 9.88 Å². The summed E-state index contributed by atoms with van der Waals surface area (Å²) in [6.45, 7) is 8.16. The first-order valence-corrected chi connectivity index (χ1v) is 10.5. The lowest BCUT2D eigenvalue weighted by atomic mass is 9.97. The first kappa shape index (κ1) is 21.3. The maximum Gasteiger partial charge on any atom is 0.196 e. The van der Waals surface area contributed by atoms with Crippen LogP contribution in [-0.4, -0.2) is 41.1 Å². The second-order valence-corrected chi connectivity index (χ2v) is 8.10. The van der Waals surface area contributed by atoms with Crippen molar-refractivity contribution in [3.8, 4) is 5.75 Å². The monoisotopic (exact) mass is 396 g/mol. The zero-order valence-corrected chi connectivity index (χ0v) is 18.2. The van der Waals surface area contributed by atoms with E-state index in [4.69, 9.17) is 4.74 Å². The number of likely N-dealkylation sites (tertiary alicyclic amines) is 1. The van der Waals surface area contributed by atoms with Gasteiger partial charge in [0.05, 0.1) is 18.8 Å². The maximum absolute atomic E-state index is 13.4. The van der Waals surface area contributed by atoms with Crippen molar-refractivity contribution in [3.63, 3.8) is 0 Å². The van der Waals surface area contributed by atoms with Crippen LogP contribution >= 0.6 is 0 Å². The highest BCUT2D eigenvalue weighted by Crippen LogP contribution is 2.34. The number of hydrogen-bond acceptors (Lipinski definition) is 4. The number of aryl methyl sites for hydroxylation is 1. The summed E-state index contributed by atoms with van der Waals surface area (Å²) < 4.78 is 5.30. The third-order valence-corrected chi connectivity index (χ3v) is 6.21. The van der Waals surface area contributed by atoms with Crippen molar-refractivity contribution in [1.29, 1.82) is 0 Å². The lowest BCUT2D eigenvalue weighted by molar-refractivity contribution is 0.0757. The summed E-state index contributed by atoms with van der Waals surface area (Å²) >= 11 is 0. The number of nitrogens with one attached hydrogen (secondary N) is 1. The first-order valence-electron chi connectivity index (χ1n) is 10.5. The fourth-order valence-corrected chi connectivity index (χ4v) is 4.66. The summed E-state index contributed by atoms with van der Waals surface area (Å²) in [6, 6.07) is 8.13. The maximum atomic E-state index is 13.4. The predicted octanol–water partition coefficient (Wildman–Crippen LogP) is 5.03. The Bertz CT molecular complexity index is 882. The third kappa shape index (κ3) is 4.30. The Morgan fingerprint density at radius 3 is 2.41 bits per heavy atom. The number of methoxy groups -OCH3 is 1. The molecule has 1 aromatic carbocycles. The molecule has 0 spiro atoms. The van der Waals surface area contributed by atoms with Gasteiger partial charge in [-0.1, -0.05) is 25.0 Å². The minimum absolute atomic E-state index is 0.00571. The topological polar surface area (TPSA) is 62.4 Å². The molecule has 0 bridgehead atoms. The van der Waals surface area contributed by atoms with Crippen molar-refractivity contribution in [2.24, 2.45) is 0 Å². The first-order chi connectivity index (χ1) is 13.8. The zero-order chi connectivity index (χ0) is 21.1. The van der Waals surface area contributed by atoms with Gasteiger partial charge in [-0.3, -0.25) is 14.5 Å². The Morgan fingerprint density at radius 1 is 1.14 bits per heavy atom. The lowest BCUT2D eigenvalue weighted by Gasteiger charge is -2.34. The molecule has 29 heavy (non-hydrogen) atoms.